The van der Waals surface area contributed by atoms with Gasteiger partial charge in [0.2, 0.25) is 0 Å². The summed E-state index contributed by atoms with van der Waals surface area (Å²) in [5.74, 6) is 0.257. The van der Waals surface area contributed by atoms with Gasteiger partial charge >= 0.3 is 0 Å². The first-order chi connectivity index (χ1) is 7.27. The van der Waals surface area contributed by atoms with Gasteiger partial charge in [0.15, 0.2) is 11.6 Å². The fourth-order valence-electron chi connectivity index (χ4n) is 1.99. The van der Waals surface area contributed by atoms with Crippen LogP contribution in [0.15, 0.2) is 23.2 Å². The molecule has 1 N–H and O–H groups in total. The van der Waals surface area contributed by atoms with Gasteiger partial charge in [-0.05, 0) is 18.2 Å². The number of rotatable bonds is 0. The van der Waals surface area contributed by atoms with E-state index in [1.54, 1.807) is 12.3 Å². The molecule has 0 bridgehead atoms. The van der Waals surface area contributed by atoms with Crippen LogP contribution >= 0.6 is 0 Å². The minimum Gasteiger partial charge on any atom is -0.504 e. The highest BCUT2D eigenvalue weighted by atomic mass is 19.1. The third-order valence-electron chi connectivity index (χ3n) is 2.67. The number of halogens is 1. The average molecular weight is 204 g/mol. The van der Waals surface area contributed by atoms with E-state index in [4.69, 9.17) is 0 Å². The van der Waals surface area contributed by atoms with E-state index in [2.05, 4.69) is 4.99 Å². The lowest BCUT2D eigenvalue weighted by atomic mass is 10.2. The molecule has 2 aromatic rings. The summed E-state index contributed by atoms with van der Waals surface area (Å²) in [5, 5.41) is 10.4. The van der Waals surface area contributed by atoms with Crippen molar-refractivity contribution in [3.05, 3.63) is 24.0 Å². The molecule has 3 nitrogen and oxygen atoms in total. The lowest BCUT2D eigenvalue weighted by Crippen LogP contribution is -2.01. The molecule has 1 aliphatic heterocycles. The molecule has 0 spiro atoms. The van der Waals surface area contributed by atoms with Crippen molar-refractivity contribution in [2.75, 3.05) is 0 Å². The van der Waals surface area contributed by atoms with Gasteiger partial charge in [-0.25, -0.2) is 9.38 Å². The van der Waals surface area contributed by atoms with Crippen molar-refractivity contribution in [1.29, 1.82) is 0 Å². The first kappa shape index (κ1) is 8.47. The zero-order valence-electron chi connectivity index (χ0n) is 7.94. The van der Waals surface area contributed by atoms with Crippen molar-refractivity contribution in [1.82, 2.24) is 4.57 Å². The van der Waals surface area contributed by atoms with Crippen LogP contribution in [-0.4, -0.2) is 15.9 Å². The molecule has 0 fully saturated rings. The molecule has 0 aliphatic carbocycles. The third kappa shape index (κ3) is 1.08. The maximum absolute atomic E-state index is 13.0. The highest BCUT2D eigenvalue weighted by Gasteiger charge is 2.17. The molecule has 0 saturated heterocycles. The largest absolute Gasteiger partial charge is 0.504 e. The van der Waals surface area contributed by atoms with E-state index in [1.165, 1.54) is 12.1 Å². The van der Waals surface area contributed by atoms with E-state index < -0.39 is 0 Å². The second-order valence-electron chi connectivity index (χ2n) is 3.59. The fourth-order valence-corrected chi connectivity index (χ4v) is 1.99. The van der Waals surface area contributed by atoms with Crippen LogP contribution in [0.1, 0.15) is 6.42 Å². The van der Waals surface area contributed by atoms with Crippen LogP contribution < -0.4 is 0 Å². The molecule has 0 unspecified atom stereocenters. The number of aryl methyl sites for hydroxylation is 1. The summed E-state index contributed by atoms with van der Waals surface area (Å²) in [6.07, 6.45) is 2.61. The van der Waals surface area contributed by atoms with E-state index >= 15 is 0 Å². The Morgan fingerprint density at radius 1 is 1.40 bits per heavy atom. The number of benzene rings is 1. The Bertz CT molecular complexity index is 571. The summed E-state index contributed by atoms with van der Waals surface area (Å²) in [6.45, 7) is 0.779. The number of hydrogen-bond acceptors (Lipinski definition) is 2. The van der Waals surface area contributed by atoms with E-state index in [1.807, 2.05) is 4.57 Å². The van der Waals surface area contributed by atoms with Crippen molar-refractivity contribution >= 4 is 22.9 Å². The van der Waals surface area contributed by atoms with Crippen molar-refractivity contribution in [3.63, 3.8) is 0 Å². The van der Waals surface area contributed by atoms with Gasteiger partial charge in [-0.15, -0.1) is 0 Å². The molecule has 1 aromatic heterocycles. The predicted octanol–water partition coefficient (Wildman–Crippen LogP) is 2.59. The van der Waals surface area contributed by atoms with Crippen molar-refractivity contribution in [2.45, 2.75) is 13.0 Å². The van der Waals surface area contributed by atoms with E-state index in [9.17, 15) is 9.50 Å². The summed E-state index contributed by atoms with van der Waals surface area (Å²) in [6, 6.07) is 4.41. The third-order valence-corrected chi connectivity index (χ3v) is 2.67. The van der Waals surface area contributed by atoms with Gasteiger partial charge < -0.3 is 9.67 Å². The number of aromatic nitrogens is 1. The van der Waals surface area contributed by atoms with Crippen LogP contribution in [0, 0.1) is 5.82 Å². The molecule has 2 heterocycles. The van der Waals surface area contributed by atoms with E-state index in [0.717, 1.165) is 18.5 Å². The predicted molar refractivity (Wildman–Crippen MR) is 56.3 cm³/mol. The maximum atomic E-state index is 13.0. The summed E-state index contributed by atoms with van der Waals surface area (Å²) in [4.78, 5) is 4.12. The Hall–Kier alpha value is -1.84. The van der Waals surface area contributed by atoms with Gasteiger partial charge in [0.1, 0.15) is 5.82 Å². The molecule has 0 atom stereocenters. The quantitative estimate of drug-likeness (QED) is 0.703. The Morgan fingerprint density at radius 2 is 2.27 bits per heavy atom. The molecule has 0 radical (unpaired) electrons. The molecule has 0 amide bonds. The van der Waals surface area contributed by atoms with E-state index in [0.29, 0.717) is 11.2 Å². The van der Waals surface area contributed by atoms with Gasteiger partial charge in [-0.1, -0.05) is 0 Å². The van der Waals surface area contributed by atoms with Crippen LogP contribution in [0.3, 0.4) is 0 Å². The number of hydrogen-bond donors (Lipinski definition) is 1. The lowest BCUT2D eigenvalue weighted by molar-refractivity contribution is 0.479. The first-order valence-corrected chi connectivity index (χ1v) is 4.80. The van der Waals surface area contributed by atoms with Gasteiger partial charge in [-0.3, -0.25) is 0 Å². The minimum absolute atomic E-state index is 0.0699. The van der Waals surface area contributed by atoms with Gasteiger partial charge in [0.05, 0.1) is 5.52 Å². The molecule has 76 valence electrons. The lowest BCUT2D eigenvalue weighted by Gasteiger charge is -2.09. The van der Waals surface area contributed by atoms with Crippen LogP contribution in [-0.2, 0) is 6.54 Å². The Labute approximate surface area is 85.5 Å². The molecule has 15 heavy (non-hydrogen) atoms. The van der Waals surface area contributed by atoms with Crippen molar-refractivity contribution in [3.8, 4) is 5.75 Å². The second-order valence-corrected chi connectivity index (χ2v) is 3.59. The highest BCUT2D eigenvalue weighted by molar-refractivity contribution is 5.93. The number of aliphatic imine (C=N–C) groups is 1. The van der Waals surface area contributed by atoms with Crippen LogP contribution in [0.5, 0.6) is 5.75 Å². The summed E-state index contributed by atoms with van der Waals surface area (Å²) in [7, 11) is 0. The van der Waals surface area contributed by atoms with Crippen LogP contribution in [0.25, 0.3) is 10.9 Å². The van der Waals surface area contributed by atoms with Crippen LogP contribution in [0.4, 0.5) is 10.2 Å². The normalized spacial score (nSPS) is 14.5. The standard InChI is InChI=1S/C11H9FN2O/c12-7-2-3-9-8(6-7)10(15)11-13-4-1-5-14(9)11/h2-4,6,15H,1,5H2. The highest BCUT2D eigenvalue weighted by Crippen LogP contribution is 2.39. The minimum atomic E-state index is -0.343. The monoisotopic (exact) mass is 204 g/mol. The molecule has 3 rings (SSSR count). The van der Waals surface area contributed by atoms with Crippen LogP contribution in [0.2, 0.25) is 0 Å². The zero-order valence-corrected chi connectivity index (χ0v) is 7.94. The van der Waals surface area contributed by atoms with Gasteiger partial charge in [0.25, 0.3) is 0 Å². The van der Waals surface area contributed by atoms with Crippen molar-refractivity contribution < 1.29 is 9.50 Å². The van der Waals surface area contributed by atoms with Gasteiger partial charge in [0, 0.05) is 24.6 Å². The fraction of sp³-hybridized carbons (Fsp3) is 0.182. The molecule has 0 saturated carbocycles. The SMILES string of the molecule is Oc1c2n(c3ccc(F)cc13)CCC=N2. The van der Waals surface area contributed by atoms with E-state index in [-0.39, 0.29) is 11.6 Å². The molecule has 1 aliphatic rings. The molecule has 1 aromatic carbocycles. The van der Waals surface area contributed by atoms with Crippen molar-refractivity contribution in [2.24, 2.45) is 4.99 Å². The maximum Gasteiger partial charge on any atom is 0.176 e. The topological polar surface area (TPSA) is 37.5 Å². The number of nitrogens with zero attached hydrogens (tertiary/aromatic N) is 2. The molecular formula is C11H9FN2O. The summed E-state index contributed by atoms with van der Waals surface area (Å²) >= 11 is 0. The molecule has 4 heteroatoms. The number of aromatic hydroxyl groups is 1. The smallest absolute Gasteiger partial charge is 0.176 e. The number of fused-ring (bicyclic) bond motifs is 3. The second kappa shape index (κ2) is 2.82. The summed E-state index contributed by atoms with van der Waals surface area (Å²) in [5.41, 5.74) is 0.834. The average Bonchev–Trinajstić information content (AvgIpc) is 2.54. The van der Waals surface area contributed by atoms with Gasteiger partial charge in [-0.2, -0.15) is 0 Å². The Kier molecular flexibility index (Phi) is 1.59. The first-order valence-electron chi connectivity index (χ1n) is 4.80. The Balaban J connectivity index is 2.45. The molecular weight excluding hydrogens is 195 g/mol. The summed E-state index contributed by atoms with van der Waals surface area (Å²) < 4.78 is 14.9. The Morgan fingerprint density at radius 3 is 3.13 bits per heavy atom. The zero-order chi connectivity index (χ0) is 10.4.